The van der Waals surface area contributed by atoms with Crippen LogP contribution in [-0.2, 0) is 17.8 Å². The first kappa shape index (κ1) is 22.3. The summed E-state index contributed by atoms with van der Waals surface area (Å²) in [7, 11) is 0. The van der Waals surface area contributed by atoms with Gasteiger partial charge in [-0.3, -0.25) is 14.2 Å². The second-order valence-electron chi connectivity index (χ2n) is 9.52. The molecule has 0 radical (unpaired) electrons. The van der Waals surface area contributed by atoms with Gasteiger partial charge in [-0.15, -0.1) is 0 Å². The molecule has 3 aromatic carbocycles. The Bertz CT molecular complexity index is 1350. The number of rotatable bonds is 6. The summed E-state index contributed by atoms with van der Waals surface area (Å²) in [6, 6.07) is 27.8. The van der Waals surface area contributed by atoms with Crippen LogP contribution in [0, 0.1) is 0 Å². The largest absolute Gasteiger partial charge is 0.377 e. The van der Waals surface area contributed by atoms with Crippen molar-refractivity contribution >= 4 is 33.5 Å². The Morgan fingerprint density at radius 1 is 0.914 bits per heavy atom. The van der Waals surface area contributed by atoms with Gasteiger partial charge in [0, 0.05) is 46.6 Å². The summed E-state index contributed by atoms with van der Waals surface area (Å²) in [6.45, 7) is 2.96. The first-order chi connectivity index (χ1) is 17.2. The predicted octanol–water partition coefficient (Wildman–Crippen LogP) is 5.93. The molecule has 35 heavy (non-hydrogen) atoms. The Hall–Kier alpha value is -3.13. The first-order valence-electron chi connectivity index (χ1n) is 12.3. The molecule has 0 saturated carbocycles. The fourth-order valence-electron chi connectivity index (χ4n) is 5.91. The lowest BCUT2D eigenvalue weighted by Crippen LogP contribution is -2.43. The van der Waals surface area contributed by atoms with Crippen molar-refractivity contribution in [2.45, 2.75) is 37.9 Å². The zero-order valence-corrected chi connectivity index (χ0v) is 20.4. The second kappa shape index (κ2) is 9.49. The quantitative estimate of drug-likeness (QED) is 0.295. The lowest BCUT2D eigenvalue weighted by atomic mass is 9.88. The third-order valence-corrected chi connectivity index (χ3v) is 7.77. The number of hydrogen-bond donors (Lipinski definition) is 3. The van der Waals surface area contributed by atoms with Gasteiger partial charge in [0.05, 0.1) is 12.1 Å². The number of aromatic nitrogens is 1. The third-order valence-electron chi connectivity index (χ3n) is 7.36. The summed E-state index contributed by atoms with van der Waals surface area (Å²) < 4.78 is 25.3. The highest BCUT2D eigenvalue weighted by Crippen LogP contribution is 2.46. The van der Waals surface area contributed by atoms with Crippen LogP contribution in [-0.4, -0.2) is 31.3 Å². The van der Waals surface area contributed by atoms with Gasteiger partial charge in [-0.1, -0.05) is 55.0 Å². The Labute approximate surface area is 208 Å². The lowest BCUT2D eigenvalue weighted by Gasteiger charge is -2.44. The van der Waals surface area contributed by atoms with Crippen LogP contribution in [0.2, 0.25) is 0 Å². The molecule has 6 nitrogen and oxygen atoms in total. The maximum absolute atomic E-state index is 11.1. The van der Waals surface area contributed by atoms with Crippen LogP contribution in [0.15, 0.2) is 78.9 Å². The molecule has 180 valence electrons. The number of anilines is 2. The van der Waals surface area contributed by atoms with E-state index in [-0.39, 0.29) is 6.04 Å². The maximum Gasteiger partial charge on any atom is 0.259 e. The number of hydrogen-bond acceptors (Lipinski definition) is 3. The molecule has 7 heteroatoms. The fraction of sp³-hybridized carbons (Fsp3) is 0.286. The van der Waals surface area contributed by atoms with Crippen molar-refractivity contribution in [2.24, 2.45) is 0 Å². The number of benzene rings is 3. The highest BCUT2D eigenvalue weighted by Gasteiger charge is 2.39. The molecule has 3 unspecified atom stereocenters. The molecule has 2 aliphatic heterocycles. The molecule has 1 fully saturated rings. The minimum atomic E-state index is -2.07. The van der Waals surface area contributed by atoms with Crippen molar-refractivity contribution in [2.75, 3.05) is 23.1 Å². The van der Waals surface area contributed by atoms with E-state index in [1.54, 1.807) is 0 Å². The first-order valence-corrected chi connectivity index (χ1v) is 13.4. The van der Waals surface area contributed by atoms with Gasteiger partial charge in [0.2, 0.25) is 0 Å². The van der Waals surface area contributed by atoms with E-state index < -0.39 is 11.3 Å². The molecule has 3 N–H and O–H groups in total. The van der Waals surface area contributed by atoms with Crippen LogP contribution in [0.25, 0.3) is 10.9 Å². The number of nitrogens with one attached hydrogen (secondary N) is 2. The van der Waals surface area contributed by atoms with Crippen molar-refractivity contribution in [1.29, 1.82) is 0 Å². The molecule has 0 bridgehead atoms. The monoisotopic (exact) mass is 486 g/mol. The molecular formula is C28H30N4O2S. The Morgan fingerprint density at radius 3 is 2.46 bits per heavy atom. The number of para-hydroxylation sites is 1. The number of nitrogens with zero attached hydrogens (tertiary/aromatic N) is 2. The number of piperidine rings is 1. The average Bonchev–Trinajstić information content (AvgIpc) is 3.20. The maximum atomic E-state index is 11.1. The van der Waals surface area contributed by atoms with E-state index in [9.17, 15) is 4.21 Å². The van der Waals surface area contributed by atoms with Gasteiger partial charge < -0.3 is 9.88 Å². The van der Waals surface area contributed by atoms with E-state index in [1.165, 1.54) is 47.0 Å². The Kier molecular flexibility index (Phi) is 6.06. The van der Waals surface area contributed by atoms with Crippen molar-refractivity contribution in [1.82, 2.24) is 9.47 Å². The molecule has 6 rings (SSSR count). The Morgan fingerprint density at radius 2 is 1.66 bits per heavy atom. The summed E-state index contributed by atoms with van der Waals surface area (Å²) in [5, 5.41) is 5.13. The van der Waals surface area contributed by atoms with Crippen molar-refractivity contribution < 1.29 is 8.76 Å². The zero-order valence-electron chi connectivity index (χ0n) is 19.6. The lowest BCUT2D eigenvalue weighted by molar-refractivity contribution is 0.123. The SMILES string of the molecule is O=S(O)Nc1ccc(NC2CN3CCCCC3c3c2c2ccccc2n3Cc2ccccc2)cc1. The summed E-state index contributed by atoms with van der Waals surface area (Å²) in [5.41, 5.74) is 7.11. The van der Waals surface area contributed by atoms with E-state index in [0.29, 0.717) is 11.7 Å². The van der Waals surface area contributed by atoms with Crippen LogP contribution in [0.3, 0.4) is 0 Å². The minimum Gasteiger partial charge on any atom is -0.377 e. The summed E-state index contributed by atoms with van der Waals surface area (Å²) in [5.74, 6) is 0. The Balaban J connectivity index is 1.44. The van der Waals surface area contributed by atoms with Gasteiger partial charge in [0.1, 0.15) is 0 Å². The van der Waals surface area contributed by atoms with E-state index in [0.717, 1.165) is 25.3 Å². The average molecular weight is 487 g/mol. The fourth-order valence-corrected chi connectivity index (χ4v) is 6.25. The van der Waals surface area contributed by atoms with Crippen LogP contribution < -0.4 is 10.0 Å². The molecule has 0 spiro atoms. The smallest absolute Gasteiger partial charge is 0.259 e. The van der Waals surface area contributed by atoms with Crippen LogP contribution >= 0.6 is 0 Å². The molecule has 4 aromatic rings. The number of fused-ring (bicyclic) bond motifs is 5. The van der Waals surface area contributed by atoms with Gasteiger partial charge in [0.15, 0.2) is 0 Å². The second-order valence-corrected chi connectivity index (χ2v) is 10.2. The van der Waals surface area contributed by atoms with Gasteiger partial charge in [-0.25, -0.2) is 4.21 Å². The summed E-state index contributed by atoms with van der Waals surface area (Å²) >= 11 is -2.07. The summed E-state index contributed by atoms with van der Waals surface area (Å²) in [6.07, 6.45) is 3.71. The van der Waals surface area contributed by atoms with E-state index in [1.807, 2.05) is 24.3 Å². The zero-order chi connectivity index (χ0) is 23.8. The standard InChI is InChI=1S/C28H30N4O2S/c33-35(34)30-22-15-13-21(14-16-22)29-24-19-31-17-7-6-12-26(31)28-27(24)23-10-4-5-11-25(23)32(28)18-20-8-2-1-3-9-20/h1-5,8-11,13-16,24,26,29-30H,6-7,12,17-19H2,(H,33,34). The molecule has 1 aromatic heterocycles. The molecule has 3 atom stereocenters. The van der Waals surface area contributed by atoms with Crippen LogP contribution in [0.4, 0.5) is 11.4 Å². The molecular weight excluding hydrogens is 456 g/mol. The van der Waals surface area contributed by atoms with Gasteiger partial charge in [-0.2, -0.15) is 0 Å². The van der Waals surface area contributed by atoms with Gasteiger partial charge in [0.25, 0.3) is 11.3 Å². The highest BCUT2D eigenvalue weighted by molar-refractivity contribution is 7.80. The predicted molar refractivity (Wildman–Crippen MR) is 143 cm³/mol. The van der Waals surface area contributed by atoms with Crippen molar-refractivity contribution in [3.8, 4) is 0 Å². The van der Waals surface area contributed by atoms with Crippen LogP contribution in [0.1, 0.15) is 48.2 Å². The van der Waals surface area contributed by atoms with Crippen LogP contribution in [0.5, 0.6) is 0 Å². The van der Waals surface area contributed by atoms with Crippen molar-refractivity contribution in [3.05, 3.63) is 95.7 Å². The molecule has 2 aliphatic rings. The third kappa shape index (κ3) is 4.35. The normalized spacial score (nSPS) is 20.7. The van der Waals surface area contributed by atoms with Gasteiger partial charge >= 0.3 is 0 Å². The molecule has 0 amide bonds. The van der Waals surface area contributed by atoms with E-state index >= 15 is 0 Å². The van der Waals surface area contributed by atoms with Gasteiger partial charge in [-0.05, 0) is 55.3 Å². The topological polar surface area (TPSA) is 69.5 Å². The minimum absolute atomic E-state index is 0.159. The van der Waals surface area contributed by atoms with E-state index in [2.05, 4.69) is 74.1 Å². The van der Waals surface area contributed by atoms with E-state index in [4.69, 9.17) is 4.55 Å². The molecule has 0 aliphatic carbocycles. The summed E-state index contributed by atoms with van der Waals surface area (Å²) in [4.78, 5) is 2.66. The highest BCUT2D eigenvalue weighted by atomic mass is 32.2. The van der Waals surface area contributed by atoms with Crippen molar-refractivity contribution in [3.63, 3.8) is 0 Å². The molecule has 1 saturated heterocycles. The molecule has 3 heterocycles.